The molecule has 1 unspecified atom stereocenters. The van der Waals surface area contributed by atoms with Crippen LogP contribution in [-0.4, -0.2) is 42.3 Å². The smallest absolute Gasteiger partial charge is 0.0737 e. The molecule has 0 spiro atoms. The predicted molar refractivity (Wildman–Crippen MR) is 166 cm³/mol. The number of halogens is 2. The lowest BCUT2D eigenvalue weighted by Gasteiger charge is -2.25. The molecule has 4 aromatic rings. The van der Waals surface area contributed by atoms with Crippen molar-refractivity contribution in [2.45, 2.75) is 38.3 Å². The second-order valence-electron chi connectivity index (χ2n) is 10.0. The molecule has 0 radical (unpaired) electrons. The van der Waals surface area contributed by atoms with E-state index in [-0.39, 0.29) is 0 Å². The third-order valence-corrected chi connectivity index (χ3v) is 7.62. The lowest BCUT2D eigenvalue weighted by atomic mass is 9.99. The summed E-state index contributed by atoms with van der Waals surface area (Å²) in [5, 5.41) is 9.90. The summed E-state index contributed by atoms with van der Waals surface area (Å²) in [5.41, 5.74) is 5.61. The summed E-state index contributed by atoms with van der Waals surface area (Å²) in [6.45, 7) is 4.99. The standard InChI is InChI=1S/C32H35Cl2N5/c33-25-9-11-27-29(13-17-37-31(27)21-25)35-15-4-5-19-39(23-24-7-2-1-3-8-24)20-6-16-36-30-14-18-38-32-22-26(34)10-12-28(30)32/h1-3,7-13,17-18,21-22,30,36H,4-6,14-16,19-20,23H2,(H,35,37). The molecule has 0 fully saturated rings. The third-order valence-electron chi connectivity index (χ3n) is 7.15. The Kier molecular flexibility index (Phi) is 9.84. The van der Waals surface area contributed by atoms with Gasteiger partial charge in [0.05, 0.1) is 11.2 Å². The van der Waals surface area contributed by atoms with Gasteiger partial charge in [-0.3, -0.25) is 14.9 Å². The van der Waals surface area contributed by atoms with E-state index >= 15 is 0 Å². The zero-order valence-corrected chi connectivity index (χ0v) is 23.6. The van der Waals surface area contributed by atoms with Crippen LogP contribution in [0.4, 0.5) is 11.4 Å². The monoisotopic (exact) mass is 559 g/mol. The van der Waals surface area contributed by atoms with E-state index in [9.17, 15) is 0 Å². The molecule has 39 heavy (non-hydrogen) atoms. The SMILES string of the molecule is Clc1ccc2c(c1)N=CCC2NCCCN(CCCCNc1ccnc2cc(Cl)ccc12)Cc1ccccc1. The largest absolute Gasteiger partial charge is 0.384 e. The molecular formula is C32H35Cl2N5. The second kappa shape index (κ2) is 13.9. The minimum absolute atomic E-state index is 0.295. The predicted octanol–water partition coefficient (Wildman–Crippen LogP) is 8.06. The lowest BCUT2D eigenvalue weighted by Crippen LogP contribution is -2.30. The number of unbranched alkanes of at least 4 members (excludes halogenated alkanes) is 1. The van der Waals surface area contributed by atoms with Gasteiger partial charge in [-0.05, 0) is 86.4 Å². The van der Waals surface area contributed by atoms with Gasteiger partial charge in [0.15, 0.2) is 0 Å². The summed E-state index contributed by atoms with van der Waals surface area (Å²) < 4.78 is 0. The van der Waals surface area contributed by atoms with Gasteiger partial charge < -0.3 is 10.6 Å². The Morgan fingerprint density at radius 3 is 2.56 bits per heavy atom. The Morgan fingerprint density at radius 1 is 0.846 bits per heavy atom. The summed E-state index contributed by atoms with van der Waals surface area (Å²) in [4.78, 5) is 11.5. The zero-order valence-electron chi connectivity index (χ0n) is 22.1. The summed E-state index contributed by atoms with van der Waals surface area (Å²) in [5.74, 6) is 0. The fraction of sp³-hybridized carbons (Fsp3) is 0.312. The Morgan fingerprint density at radius 2 is 1.67 bits per heavy atom. The number of fused-ring (bicyclic) bond motifs is 2. The quantitative estimate of drug-likeness (QED) is 0.162. The molecule has 1 aromatic heterocycles. The van der Waals surface area contributed by atoms with Crippen LogP contribution in [0.2, 0.25) is 10.0 Å². The van der Waals surface area contributed by atoms with Crippen LogP contribution in [0, 0.1) is 0 Å². The minimum atomic E-state index is 0.295. The average molecular weight is 561 g/mol. The number of hydrogen-bond donors (Lipinski definition) is 2. The molecule has 5 rings (SSSR count). The average Bonchev–Trinajstić information content (AvgIpc) is 2.95. The minimum Gasteiger partial charge on any atom is -0.384 e. The van der Waals surface area contributed by atoms with Crippen LogP contribution in [0.25, 0.3) is 10.9 Å². The van der Waals surface area contributed by atoms with E-state index in [0.717, 1.165) is 85.7 Å². The Labute approximate surface area is 241 Å². The molecule has 2 N–H and O–H groups in total. The van der Waals surface area contributed by atoms with Crippen molar-refractivity contribution in [1.82, 2.24) is 15.2 Å². The van der Waals surface area contributed by atoms with E-state index in [1.165, 1.54) is 11.1 Å². The maximum absolute atomic E-state index is 6.16. The highest BCUT2D eigenvalue weighted by Crippen LogP contribution is 2.33. The lowest BCUT2D eigenvalue weighted by molar-refractivity contribution is 0.255. The molecule has 0 bridgehead atoms. The molecule has 2 heterocycles. The van der Waals surface area contributed by atoms with Crippen molar-refractivity contribution in [3.63, 3.8) is 0 Å². The summed E-state index contributed by atoms with van der Waals surface area (Å²) in [7, 11) is 0. The number of anilines is 1. The number of rotatable bonds is 13. The highest BCUT2D eigenvalue weighted by molar-refractivity contribution is 6.31. The molecule has 7 heteroatoms. The first-order chi connectivity index (χ1) is 19.2. The molecule has 0 saturated carbocycles. The van der Waals surface area contributed by atoms with Crippen molar-refractivity contribution < 1.29 is 0 Å². The molecule has 0 amide bonds. The highest BCUT2D eigenvalue weighted by Gasteiger charge is 2.17. The molecule has 0 saturated heterocycles. The van der Waals surface area contributed by atoms with Gasteiger partial charge in [0.25, 0.3) is 0 Å². The highest BCUT2D eigenvalue weighted by atomic mass is 35.5. The van der Waals surface area contributed by atoms with E-state index in [2.05, 4.69) is 61.9 Å². The number of hydrogen-bond acceptors (Lipinski definition) is 5. The Hall–Kier alpha value is -2.96. The van der Waals surface area contributed by atoms with E-state index < -0.39 is 0 Å². The number of benzene rings is 3. The molecule has 1 atom stereocenters. The molecular weight excluding hydrogens is 525 g/mol. The fourth-order valence-electron chi connectivity index (χ4n) is 5.15. The molecule has 0 aliphatic carbocycles. The van der Waals surface area contributed by atoms with Gasteiger partial charge in [-0.1, -0.05) is 59.6 Å². The van der Waals surface area contributed by atoms with E-state index in [4.69, 9.17) is 23.2 Å². The topological polar surface area (TPSA) is 52.6 Å². The normalized spacial score (nSPS) is 14.6. The number of nitrogens with one attached hydrogen (secondary N) is 2. The zero-order chi connectivity index (χ0) is 26.9. The molecule has 5 nitrogen and oxygen atoms in total. The Balaban J connectivity index is 1.10. The number of pyridine rings is 1. The number of aromatic nitrogens is 1. The Bertz CT molecular complexity index is 1390. The first-order valence-corrected chi connectivity index (χ1v) is 14.5. The van der Waals surface area contributed by atoms with Crippen LogP contribution in [-0.2, 0) is 6.54 Å². The van der Waals surface area contributed by atoms with Crippen LogP contribution in [0.3, 0.4) is 0 Å². The van der Waals surface area contributed by atoms with E-state index in [0.29, 0.717) is 11.1 Å². The van der Waals surface area contributed by atoms with Gasteiger partial charge in [-0.15, -0.1) is 0 Å². The summed E-state index contributed by atoms with van der Waals surface area (Å²) in [6.07, 6.45) is 8.07. The van der Waals surface area contributed by atoms with Crippen LogP contribution in [0.15, 0.2) is 84.0 Å². The maximum atomic E-state index is 6.16. The second-order valence-corrected chi connectivity index (χ2v) is 10.9. The molecule has 3 aromatic carbocycles. The van der Waals surface area contributed by atoms with Gasteiger partial charge in [0, 0.05) is 59.1 Å². The summed E-state index contributed by atoms with van der Waals surface area (Å²) in [6, 6.07) is 25.0. The van der Waals surface area contributed by atoms with Crippen LogP contribution in [0.1, 0.15) is 42.9 Å². The van der Waals surface area contributed by atoms with Crippen molar-refractivity contribution in [1.29, 1.82) is 0 Å². The van der Waals surface area contributed by atoms with Crippen LogP contribution < -0.4 is 10.6 Å². The number of nitrogens with zero attached hydrogens (tertiary/aromatic N) is 3. The first-order valence-electron chi connectivity index (χ1n) is 13.8. The van der Waals surface area contributed by atoms with Crippen molar-refractivity contribution >= 4 is 51.7 Å². The van der Waals surface area contributed by atoms with Gasteiger partial charge in [0.2, 0.25) is 0 Å². The summed E-state index contributed by atoms with van der Waals surface area (Å²) >= 11 is 12.3. The van der Waals surface area contributed by atoms with Crippen molar-refractivity contribution in [3.05, 3.63) is 100 Å². The van der Waals surface area contributed by atoms with Gasteiger partial charge in [0.1, 0.15) is 0 Å². The third kappa shape index (κ3) is 7.80. The van der Waals surface area contributed by atoms with Crippen LogP contribution >= 0.6 is 23.2 Å². The first kappa shape index (κ1) is 27.6. The molecule has 1 aliphatic heterocycles. The van der Waals surface area contributed by atoms with E-state index in [1.54, 1.807) is 0 Å². The maximum Gasteiger partial charge on any atom is 0.0737 e. The van der Waals surface area contributed by atoms with E-state index in [1.807, 2.05) is 48.8 Å². The molecule has 1 aliphatic rings. The van der Waals surface area contributed by atoms with Crippen molar-refractivity contribution in [3.8, 4) is 0 Å². The van der Waals surface area contributed by atoms with Gasteiger partial charge >= 0.3 is 0 Å². The van der Waals surface area contributed by atoms with Crippen LogP contribution in [0.5, 0.6) is 0 Å². The van der Waals surface area contributed by atoms with Gasteiger partial charge in [-0.2, -0.15) is 0 Å². The fourth-order valence-corrected chi connectivity index (χ4v) is 5.48. The molecule has 202 valence electrons. The van der Waals surface area contributed by atoms with Crippen molar-refractivity contribution in [2.75, 3.05) is 31.5 Å². The number of aliphatic imine (C=N–C) groups is 1. The van der Waals surface area contributed by atoms with Gasteiger partial charge in [-0.25, -0.2) is 0 Å². The van der Waals surface area contributed by atoms with Crippen molar-refractivity contribution in [2.24, 2.45) is 4.99 Å².